The summed E-state index contributed by atoms with van der Waals surface area (Å²) in [4.78, 5) is 11.6. The van der Waals surface area contributed by atoms with E-state index < -0.39 is 0 Å². The van der Waals surface area contributed by atoms with Crippen LogP contribution in [0.1, 0.15) is 27.2 Å². The van der Waals surface area contributed by atoms with Crippen LogP contribution in [0.15, 0.2) is 12.2 Å². The first-order chi connectivity index (χ1) is 5.44. The minimum atomic E-state index is -0.276. The van der Waals surface area contributed by atoms with Crippen LogP contribution in [-0.4, -0.2) is 12.3 Å². The summed E-state index contributed by atoms with van der Waals surface area (Å²) < 4.78 is 0. The first kappa shape index (κ1) is 9.46. The summed E-state index contributed by atoms with van der Waals surface area (Å²) >= 11 is 0. The number of rotatable bonds is 2. The molecule has 1 atom stereocenters. The normalized spacial score (nSPS) is 32.3. The van der Waals surface area contributed by atoms with Gasteiger partial charge in [-0.3, -0.25) is 4.79 Å². The van der Waals surface area contributed by atoms with E-state index in [4.69, 9.17) is 5.73 Å². The third-order valence-electron chi connectivity index (χ3n) is 3.28. The fraction of sp³-hybridized carbons (Fsp3) is 0.700. The molecule has 0 aromatic heterocycles. The predicted molar refractivity (Wildman–Crippen MR) is 49.7 cm³/mol. The zero-order chi connectivity index (χ0) is 9.41. The van der Waals surface area contributed by atoms with E-state index >= 15 is 0 Å². The summed E-state index contributed by atoms with van der Waals surface area (Å²) in [6.45, 7) is 6.33. The van der Waals surface area contributed by atoms with E-state index in [-0.39, 0.29) is 23.2 Å². The summed E-state index contributed by atoms with van der Waals surface area (Å²) in [7, 11) is 0. The number of carbonyl (C=O) groups excluding carboxylic acids is 1. The highest BCUT2D eigenvalue weighted by atomic mass is 16.1. The van der Waals surface area contributed by atoms with Gasteiger partial charge in [0.25, 0.3) is 0 Å². The summed E-state index contributed by atoms with van der Waals surface area (Å²) in [5, 5.41) is 0. The molecule has 1 aliphatic carbocycles. The minimum Gasteiger partial charge on any atom is -0.324 e. The average Bonchev–Trinajstić information content (AvgIpc) is 2.26. The quantitative estimate of drug-likeness (QED) is 0.633. The molecule has 0 unspecified atom stereocenters. The summed E-state index contributed by atoms with van der Waals surface area (Å²) in [5.74, 6) is 0.164. The van der Waals surface area contributed by atoms with Crippen molar-refractivity contribution >= 4 is 5.78 Å². The molecule has 0 heterocycles. The van der Waals surface area contributed by atoms with Crippen LogP contribution in [0, 0.1) is 10.8 Å². The van der Waals surface area contributed by atoms with E-state index in [9.17, 15) is 4.79 Å². The van der Waals surface area contributed by atoms with Crippen LogP contribution in [0.25, 0.3) is 0 Å². The molecule has 0 fully saturated rings. The number of allylic oxidation sites excluding steroid dienone is 2. The molecular formula is C10H17NO. The number of carbonyl (C=O) groups is 1. The Morgan fingerprint density at radius 1 is 1.50 bits per heavy atom. The van der Waals surface area contributed by atoms with Gasteiger partial charge in [0.2, 0.25) is 0 Å². The van der Waals surface area contributed by atoms with Gasteiger partial charge in [-0.25, -0.2) is 0 Å². The molecule has 68 valence electrons. The second kappa shape index (κ2) is 2.70. The number of hydrogen-bond donors (Lipinski definition) is 1. The van der Waals surface area contributed by atoms with E-state index in [0.717, 1.165) is 6.42 Å². The zero-order valence-corrected chi connectivity index (χ0v) is 8.05. The molecule has 2 heteroatoms. The standard InChI is InChI=1S/C10H17NO/c1-9(2)5-4-6-10(9,3)8(12)7-11/h4-5H,6-7,11H2,1-3H3/t10-/m1/s1. The van der Waals surface area contributed by atoms with Crippen LogP contribution in [0.5, 0.6) is 0 Å². The average molecular weight is 167 g/mol. The lowest BCUT2D eigenvalue weighted by atomic mass is 9.66. The van der Waals surface area contributed by atoms with Gasteiger partial charge in [-0.1, -0.05) is 32.9 Å². The molecule has 0 saturated carbocycles. The Balaban J connectivity index is 2.94. The molecule has 0 aromatic rings. The van der Waals surface area contributed by atoms with Crippen molar-refractivity contribution in [2.75, 3.05) is 6.54 Å². The first-order valence-corrected chi connectivity index (χ1v) is 4.35. The summed E-state index contributed by atoms with van der Waals surface area (Å²) in [6.07, 6.45) is 5.02. The summed E-state index contributed by atoms with van der Waals surface area (Å²) in [6, 6.07) is 0. The molecule has 0 spiro atoms. The van der Waals surface area contributed by atoms with Crippen molar-refractivity contribution in [3.63, 3.8) is 0 Å². The van der Waals surface area contributed by atoms with Crippen molar-refractivity contribution in [2.24, 2.45) is 16.6 Å². The van der Waals surface area contributed by atoms with Crippen molar-refractivity contribution in [3.05, 3.63) is 12.2 Å². The van der Waals surface area contributed by atoms with Crippen LogP contribution in [0.3, 0.4) is 0 Å². The molecule has 12 heavy (non-hydrogen) atoms. The Morgan fingerprint density at radius 2 is 2.08 bits per heavy atom. The monoisotopic (exact) mass is 167 g/mol. The van der Waals surface area contributed by atoms with Gasteiger partial charge in [-0.2, -0.15) is 0 Å². The lowest BCUT2D eigenvalue weighted by molar-refractivity contribution is -0.130. The van der Waals surface area contributed by atoms with Crippen molar-refractivity contribution in [1.82, 2.24) is 0 Å². The molecule has 0 aliphatic heterocycles. The maximum Gasteiger partial charge on any atom is 0.153 e. The molecule has 1 rings (SSSR count). The third kappa shape index (κ3) is 1.11. The number of nitrogens with two attached hydrogens (primary N) is 1. The molecule has 0 amide bonds. The third-order valence-corrected chi connectivity index (χ3v) is 3.28. The molecule has 0 saturated heterocycles. The molecule has 2 N–H and O–H groups in total. The zero-order valence-electron chi connectivity index (χ0n) is 8.05. The van der Waals surface area contributed by atoms with E-state index in [2.05, 4.69) is 26.0 Å². The van der Waals surface area contributed by atoms with Crippen LogP contribution in [0.4, 0.5) is 0 Å². The van der Waals surface area contributed by atoms with Gasteiger partial charge in [0.05, 0.1) is 6.54 Å². The second-order valence-electron chi connectivity index (χ2n) is 4.29. The molecule has 1 aliphatic rings. The molecular weight excluding hydrogens is 150 g/mol. The van der Waals surface area contributed by atoms with Crippen LogP contribution in [0.2, 0.25) is 0 Å². The second-order valence-corrected chi connectivity index (χ2v) is 4.29. The topological polar surface area (TPSA) is 43.1 Å². The van der Waals surface area contributed by atoms with Gasteiger partial charge in [0, 0.05) is 5.41 Å². The van der Waals surface area contributed by atoms with Crippen molar-refractivity contribution in [1.29, 1.82) is 0 Å². The maximum absolute atomic E-state index is 11.6. The minimum absolute atomic E-state index is 0.0382. The smallest absolute Gasteiger partial charge is 0.153 e. The number of ketones is 1. The predicted octanol–water partition coefficient (Wildman–Crippen LogP) is 1.51. The Kier molecular flexibility index (Phi) is 2.13. The van der Waals surface area contributed by atoms with E-state index in [0.29, 0.717) is 0 Å². The van der Waals surface area contributed by atoms with Gasteiger partial charge < -0.3 is 5.73 Å². The fourth-order valence-electron chi connectivity index (χ4n) is 1.73. The van der Waals surface area contributed by atoms with Gasteiger partial charge in [-0.15, -0.1) is 0 Å². The van der Waals surface area contributed by atoms with Crippen LogP contribution >= 0.6 is 0 Å². The Labute approximate surface area is 73.8 Å². The summed E-state index contributed by atoms with van der Waals surface area (Å²) in [5.41, 5.74) is 5.07. The molecule has 0 radical (unpaired) electrons. The molecule has 2 nitrogen and oxygen atoms in total. The fourth-order valence-corrected chi connectivity index (χ4v) is 1.73. The van der Waals surface area contributed by atoms with Gasteiger partial charge >= 0.3 is 0 Å². The van der Waals surface area contributed by atoms with Crippen molar-refractivity contribution in [3.8, 4) is 0 Å². The Hall–Kier alpha value is -0.630. The highest BCUT2D eigenvalue weighted by molar-refractivity contribution is 5.87. The first-order valence-electron chi connectivity index (χ1n) is 4.35. The highest BCUT2D eigenvalue weighted by Gasteiger charge is 2.46. The molecule has 0 aromatic carbocycles. The lowest BCUT2D eigenvalue weighted by Crippen LogP contribution is -2.41. The van der Waals surface area contributed by atoms with Crippen molar-refractivity contribution in [2.45, 2.75) is 27.2 Å². The van der Waals surface area contributed by atoms with Crippen LogP contribution < -0.4 is 5.73 Å². The van der Waals surface area contributed by atoms with E-state index in [1.54, 1.807) is 0 Å². The number of Topliss-reactive ketones (excluding diaryl/α,β-unsaturated/α-hetero) is 1. The SMILES string of the molecule is CC1(C)C=CC[C@]1(C)C(=O)CN. The molecule has 0 bridgehead atoms. The maximum atomic E-state index is 11.6. The van der Waals surface area contributed by atoms with E-state index in [1.165, 1.54) is 0 Å². The number of hydrogen-bond acceptors (Lipinski definition) is 2. The Morgan fingerprint density at radius 3 is 2.42 bits per heavy atom. The Bertz CT molecular complexity index is 230. The van der Waals surface area contributed by atoms with E-state index in [1.807, 2.05) is 6.92 Å². The van der Waals surface area contributed by atoms with Crippen molar-refractivity contribution < 1.29 is 4.79 Å². The lowest BCUT2D eigenvalue weighted by Gasteiger charge is -2.36. The van der Waals surface area contributed by atoms with Gasteiger partial charge in [0.1, 0.15) is 0 Å². The van der Waals surface area contributed by atoms with Crippen LogP contribution in [-0.2, 0) is 4.79 Å². The highest BCUT2D eigenvalue weighted by Crippen LogP contribution is 2.48. The largest absolute Gasteiger partial charge is 0.324 e. The van der Waals surface area contributed by atoms with Gasteiger partial charge in [0.15, 0.2) is 5.78 Å². The van der Waals surface area contributed by atoms with Gasteiger partial charge in [-0.05, 0) is 11.8 Å².